The predicted octanol–water partition coefficient (Wildman–Crippen LogP) is 4.04. The van der Waals surface area contributed by atoms with Gasteiger partial charge in [-0.3, -0.25) is 0 Å². The lowest BCUT2D eigenvalue weighted by molar-refractivity contribution is 0.323. The van der Waals surface area contributed by atoms with Crippen LogP contribution in [0.25, 0.3) is 0 Å². The quantitative estimate of drug-likeness (QED) is 0.582. The topological polar surface area (TPSA) is 31.4 Å². The van der Waals surface area contributed by atoms with Crippen LogP contribution in [0.3, 0.4) is 0 Å². The van der Waals surface area contributed by atoms with Gasteiger partial charge in [-0.2, -0.15) is 0 Å². The van der Waals surface area contributed by atoms with Crippen LogP contribution in [0.5, 0.6) is 5.88 Å². The molecule has 0 aliphatic heterocycles. The molecule has 1 rings (SSSR count). The fourth-order valence-corrected chi connectivity index (χ4v) is 2.12. The Bertz CT molecular complexity index is 396. The third-order valence-corrected chi connectivity index (χ3v) is 7.98. The lowest BCUT2D eigenvalue weighted by Crippen LogP contribution is -2.40. The molecule has 0 aromatic carbocycles. The van der Waals surface area contributed by atoms with Crippen molar-refractivity contribution >= 4 is 8.32 Å². The highest BCUT2D eigenvalue weighted by atomic mass is 28.4. The van der Waals surface area contributed by atoms with Crippen molar-refractivity contribution in [2.45, 2.75) is 38.9 Å². The molecule has 1 heterocycles. The maximum absolute atomic E-state index is 6.03. The van der Waals surface area contributed by atoms with E-state index < -0.39 is 8.32 Å². The van der Waals surface area contributed by atoms with Crippen LogP contribution in [-0.4, -0.2) is 26.5 Å². The molecule has 1 aromatic rings. The molecule has 0 N–H and O–H groups in total. The van der Waals surface area contributed by atoms with Gasteiger partial charge in [0.05, 0.1) is 6.61 Å². The Balaban J connectivity index is 2.25. The van der Waals surface area contributed by atoms with Gasteiger partial charge in [0.1, 0.15) is 6.61 Å². The molecule has 4 heteroatoms. The van der Waals surface area contributed by atoms with Crippen molar-refractivity contribution in [2.75, 3.05) is 13.2 Å². The monoisotopic (exact) mass is 279 g/mol. The highest BCUT2D eigenvalue weighted by Gasteiger charge is 2.36. The summed E-state index contributed by atoms with van der Waals surface area (Å²) in [6.07, 6.45) is 5.71. The maximum Gasteiger partial charge on any atom is 0.213 e. The first-order valence-corrected chi connectivity index (χ1v) is 9.56. The van der Waals surface area contributed by atoms with Crippen molar-refractivity contribution in [1.82, 2.24) is 4.98 Å². The first-order valence-electron chi connectivity index (χ1n) is 6.66. The average Bonchev–Trinajstić information content (AvgIpc) is 2.33. The van der Waals surface area contributed by atoms with E-state index in [1.807, 2.05) is 30.4 Å². The summed E-state index contributed by atoms with van der Waals surface area (Å²) in [5.41, 5.74) is 0. The second kappa shape index (κ2) is 6.87. The molecular formula is C15H25NO2Si. The molecule has 1 aromatic heterocycles. The van der Waals surface area contributed by atoms with Gasteiger partial charge in [0.2, 0.25) is 5.88 Å². The zero-order valence-corrected chi connectivity index (χ0v) is 13.6. The highest BCUT2D eigenvalue weighted by Crippen LogP contribution is 2.36. The summed E-state index contributed by atoms with van der Waals surface area (Å²) in [4.78, 5) is 4.09. The number of nitrogens with zero attached hydrogens (tertiary/aromatic N) is 1. The van der Waals surface area contributed by atoms with E-state index in [4.69, 9.17) is 9.16 Å². The van der Waals surface area contributed by atoms with Crippen LogP contribution in [0, 0.1) is 0 Å². The molecule has 0 saturated heterocycles. The summed E-state index contributed by atoms with van der Waals surface area (Å²) in [5.74, 6) is 0.650. The minimum atomic E-state index is -1.63. The summed E-state index contributed by atoms with van der Waals surface area (Å²) in [6, 6.07) is 5.63. The van der Waals surface area contributed by atoms with E-state index in [1.54, 1.807) is 6.20 Å². The van der Waals surface area contributed by atoms with Gasteiger partial charge in [0, 0.05) is 12.3 Å². The molecule has 3 nitrogen and oxygen atoms in total. The molecule has 0 aliphatic rings. The molecule has 0 bridgehead atoms. The van der Waals surface area contributed by atoms with E-state index in [0.29, 0.717) is 19.1 Å². The molecule has 0 saturated carbocycles. The van der Waals surface area contributed by atoms with Gasteiger partial charge in [-0.05, 0) is 30.3 Å². The standard InChI is InChI=1S/C15H25NO2Si/c1-15(2,3)19(4,5)18-13-9-8-12-17-14-10-6-7-11-16-14/h6-11H,12-13H2,1-5H3/b9-8-. The largest absolute Gasteiger partial charge is 0.473 e. The normalized spacial score (nSPS) is 12.9. The number of hydrogen-bond donors (Lipinski definition) is 0. The van der Waals surface area contributed by atoms with E-state index in [-0.39, 0.29) is 5.04 Å². The third-order valence-electron chi connectivity index (χ3n) is 3.48. The minimum absolute atomic E-state index is 0.255. The van der Waals surface area contributed by atoms with Gasteiger partial charge in [-0.1, -0.05) is 32.9 Å². The number of rotatable bonds is 6. The Kier molecular flexibility index (Phi) is 5.75. The van der Waals surface area contributed by atoms with Crippen LogP contribution < -0.4 is 4.74 Å². The molecule has 0 fully saturated rings. The zero-order valence-electron chi connectivity index (χ0n) is 12.6. The fourth-order valence-electron chi connectivity index (χ4n) is 1.17. The Hall–Kier alpha value is -1.13. The number of ether oxygens (including phenoxy) is 1. The van der Waals surface area contributed by atoms with Crippen molar-refractivity contribution in [3.8, 4) is 5.88 Å². The van der Waals surface area contributed by atoms with Crippen molar-refractivity contribution < 1.29 is 9.16 Å². The Morgan fingerprint density at radius 3 is 2.42 bits per heavy atom. The summed E-state index contributed by atoms with van der Waals surface area (Å²) in [5, 5.41) is 0.255. The number of hydrogen-bond acceptors (Lipinski definition) is 3. The second-order valence-electron chi connectivity index (χ2n) is 6.02. The van der Waals surface area contributed by atoms with E-state index in [2.05, 4.69) is 38.8 Å². The molecule has 0 aliphatic carbocycles. The smallest absolute Gasteiger partial charge is 0.213 e. The van der Waals surface area contributed by atoms with Crippen LogP contribution in [0.15, 0.2) is 36.5 Å². The molecule has 106 valence electrons. The van der Waals surface area contributed by atoms with Crippen LogP contribution >= 0.6 is 0 Å². The van der Waals surface area contributed by atoms with Crippen molar-refractivity contribution in [2.24, 2.45) is 0 Å². The molecule has 0 radical (unpaired) electrons. The lowest BCUT2D eigenvalue weighted by atomic mass is 10.2. The summed E-state index contributed by atoms with van der Waals surface area (Å²) < 4.78 is 11.5. The fraction of sp³-hybridized carbons (Fsp3) is 0.533. The second-order valence-corrected chi connectivity index (χ2v) is 10.8. The molecule has 0 spiro atoms. The molecule has 0 atom stereocenters. The highest BCUT2D eigenvalue weighted by molar-refractivity contribution is 6.74. The maximum atomic E-state index is 6.03. The van der Waals surface area contributed by atoms with E-state index in [9.17, 15) is 0 Å². The van der Waals surface area contributed by atoms with E-state index in [1.165, 1.54) is 0 Å². The number of pyridine rings is 1. The number of aromatic nitrogens is 1. The van der Waals surface area contributed by atoms with Crippen molar-refractivity contribution in [3.63, 3.8) is 0 Å². The Labute approximate surface area is 117 Å². The van der Waals surface area contributed by atoms with Gasteiger partial charge in [-0.15, -0.1) is 0 Å². The average molecular weight is 279 g/mol. The van der Waals surface area contributed by atoms with Gasteiger partial charge in [0.25, 0.3) is 0 Å². The summed E-state index contributed by atoms with van der Waals surface area (Å²) >= 11 is 0. The molecule has 0 unspecified atom stereocenters. The van der Waals surface area contributed by atoms with Gasteiger partial charge in [0.15, 0.2) is 8.32 Å². The minimum Gasteiger partial charge on any atom is -0.473 e. The zero-order chi connectivity index (χ0) is 14.4. The van der Waals surface area contributed by atoms with Crippen molar-refractivity contribution in [3.05, 3.63) is 36.5 Å². The Morgan fingerprint density at radius 1 is 1.16 bits per heavy atom. The van der Waals surface area contributed by atoms with Crippen LogP contribution in [0.4, 0.5) is 0 Å². The van der Waals surface area contributed by atoms with Gasteiger partial charge in [-0.25, -0.2) is 4.98 Å². The summed E-state index contributed by atoms with van der Waals surface area (Å²) in [6.45, 7) is 12.4. The Morgan fingerprint density at radius 2 is 1.84 bits per heavy atom. The van der Waals surface area contributed by atoms with E-state index >= 15 is 0 Å². The molecule has 19 heavy (non-hydrogen) atoms. The van der Waals surface area contributed by atoms with Crippen molar-refractivity contribution in [1.29, 1.82) is 0 Å². The third kappa shape index (κ3) is 5.57. The van der Waals surface area contributed by atoms with Crippen LogP contribution in [0.2, 0.25) is 18.1 Å². The van der Waals surface area contributed by atoms with Crippen LogP contribution in [0.1, 0.15) is 20.8 Å². The van der Waals surface area contributed by atoms with Gasteiger partial charge < -0.3 is 9.16 Å². The first kappa shape index (κ1) is 15.9. The SMILES string of the molecule is CC(C)(C)[Si](C)(C)OC/C=C\COc1ccccn1. The molecule has 0 amide bonds. The van der Waals surface area contributed by atoms with E-state index in [0.717, 1.165) is 0 Å². The van der Waals surface area contributed by atoms with Crippen LogP contribution in [-0.2, 0) is 4.43 Å². The summed E-state index contributed by atoms with van der Waals surface area (Å²) in [7, 11) is -1.63. The van der Waals surface area contributed by atoms with Gasteiger partial charge >= 0.3 is 0 Å². The lowest BCUT2D eigenvalue weighted by Gasteiger charge is -2.35. The first-order chi connectivity index (χ1) is 8.83. The molecular weight excluding hydrogens is 254 g/mol. The predicted molar refractivity (Wildman–Crippen MR) is 82.0 cm³/mol.